The van der Waals surface area contributed by atoms with Crippen LogP contribution in [-0.2, 0) is 0 Å². The van der Waals surface area contributed by atoms with Gasteiger partial charge in [-0.3, -0.25) is 9.88 Å². The van der Waals surface area contributed by atoms with Crippen molar-refractivity contribution in [3.05, 3.63) is 18.0 Å². The van der Waals surface area contributed by atoms with Crippen molar-refractivity contribution < 1.29 is 4.74 Å². The molecule has 2 atom stereocenters. The van der Waals surface area contributed by atoms with Crippen LogP contribution in [0.15, 0.2) is 12.3 Å². The van der Waals surface area contributed by atoms with Crippen LogP contribution in [0.1, 0.15) is 31.0 Å². The number of hydrogen-bond donors (Lipinski definition) is 2. The summed E-state index contributed by atoms with van der Waals surface area (Å²) in [6, 6.07) is 3.04. The predicted octanol–water partition coefficient (Wildman–Crippen LogP) is 1.57. The van der Waals surface area contributed by atoms with Crippen LogP contribution < -0.4 is 15.4 Å². The fraction of sp³-hybridized carbons (Fsp3) is 0.588. The quantitative estimate of drug-likeness (QED) is 0.882. The minimum atomic E-state index is 0.327. The first-order valence-electron chi connectivity index (χ1n) is 8.64. The smallest absolute Gasteiger partial charge is 0.318 e. The van der Waals surface area contributed by atoms with Crippen LogP contribution >= 0.6 is 0 Å². The largest absolute Gasteiger partial charge is 0.467 e. The number of hydrogen-bond acceptors (Lipinski definition) is 7. The molecule has 24 heavy (non-hydrogen) atoms. The van der Waals surface area contributed by atoms with Crippen LogP contribution in [0, 0.1) is 0 Å². The molecule has 2 aliphatic rings. The molecule has 2 aromatic rings. The number of fused-ring (bicyclic) bond motifs is 1. The molecule has 0 bridgehead atoms. The third-order valence-electron chi connectivity index (χ3n) is 5.04. The molecule has 0 radical (unpaired) electrons. The molecule has 2 N–H and O–H groups in total. The van der Waals surface area contributed by atoms with Gasteiger partial charge in [0, 0.05) is 18.8 Å². The van der Waals surface area contributed by atoms with Gasteiger partial charge in [-0.25, -0.2) is 0 Å². The Hall–Kier alpha value is -1.99. The summed E-state index contributed by atoms with van der Waals surface area (Å²) in [4.78, 5) is 16.2. The number of nitrogens with one attached hydrogen (secondary N) is 2. The zero-order chi connectivity index (χ0) is 16.5. The van der Waals surface area contributed by atoms with Gasteiger partial charge in [0.1, 0.15) is 5.82 Å². The molecule has 0 saturated carbocycles. The summed E-state index contributed by atoms with van der Waals surface area (Å²) in [5.41, 5.74) is 1.96. The maximum atomic E-state index is 5.31. The Morgan fingerprint density at radius 2 is 2.25 bits per heavy atom. The lowest BCUT2D eigenvalue weighted by Crippen LogP contribution is -2.24. The Kier molecular flexibility index (Phi) is 4.20. The lowest BCUT2D eigenvalue weighted by molar-refractivity contribution is 0.314. The Morgan fingerprint density at radius 1 is 1.33 bits per heavy atom. The molecule has 2 saturated heterocycles. The van der Waals surface area contributed by atoms with Gasteiger partial charge in [0.25, 0.3) is 0 Å². The van der Waals surface area contributed by atoms with Crippen LogP contribution in [0.2, 0.25) is 0 Å². The number of rotatable bonds is 4. The zero-order valence-electron chi connectivity index (χ0n) is 14.2. The second-order valence-electron chi connectivity index (χ2n) is 6.62. The number of anilines is 1. The number of aromatic nitrogens is 3. The van der Waals surface area contributed by atoms with E-state index >= 15 is 0 Å². The van der Waals surface area contributed by atoms with Crippen LogP contribution in [0.4, 0.5) is 5.82 Å². The molecule has 4 rings (SSSR count). The first-order valence-corrected chi connectivity index (χ1v) is 8.64. The van der Waals surface area contributed by atoms with E-state index in [0.29, 0.717) is 18.1 Å². The van der Waals surface area contributed by atoms with Crippen molar-refractivity contribution in [2.45, 2.75) is 31.3 Å². The minimum absolute atomic E-state index is 0.327. The maximum Gasteiger partial charge on any atom is 0.318 e. The highest BCUT2D eigenvalue weighted by Crippen LogP contribution is 2.36. The highest BCUT2D eigenvalue weighted by Gasteiger charge is 2.28. The molecular weight excluding hydrogens is 304 g/mol. The average Bonchev–Trinajstić information content (AvgIpc) is 3.25. The normalized spacial score (nSPS) is 24.6. The van der Waals surface area contributed by atoms with Crippen LogP contribution in [-0.4, -0.2) is 59.7 Å². The summed E-state index contributed by atoms with van der Waals surface area (Å²) in [5.74, 6) is 0.842. The average molecular weight is 328 g/mol. The van der Waals surface area contributed by atoms with Crippen molar-refractivity contribution in [1.29, 1.82) is 0 Å². The number of methoxy groups -OCH3 is 1. The van der Waals surface area contributed by atoms with E-state index in [1.165, 1.54) is 6.42 Å². The third-order valence-corrected chi connectivity index (χ3v) is 5.04. The summed E-state index contributed by atoms with van der Waals surface area (Å²) < 4.78 is 5.31. The second-order valence-corrected chi connectivity index (χ2v) is 6.62. The van der Waals surface area contributed by atoms with Crippen molar-refractivity contribution in [2.24, 2.45) is 0 Å². The Morgan fingerprint density at radius 3 is 2.96 bits per heavy atom. The Bertz CT molecular complexity index is 730. The number of pyridine rings is 1. The van der Waals surface area contributed by atoms with Gasteiger partial charge < -0.3 is 15.4 Å². The van der Waals surface area contributed by atoms with Crippen LogP contribution in [0.5, 0.6) is 6.01 Å². The van der Waals surface area contributed by atoms with Gasteiger partial charge in [-0.05, 0) is 45.5 Å². The van der Waals surface area contributed by atoms with E-state index in [1.54, 1.807) is 7.11 Å². The third kappa shape index (κ3) is 2.78. The van der Waals surface area contributed by atoms with E-state index in [9.17, 15) is 0 Å². The van der Waals surface area contributed by atoms with E-state index < -0.39 is 0 Å². The molecular formula is C17H24N6O. The molecule has 2 fully saturated rings. The van der Waals surface area contributed by atoms with E-state index in [0.717, 1.165) is 54.9 Å². The number of likely N-dealkylation sites (tertiary alicyclic amines) is 1. The first kappa shape index (κ1) is 15.5. The molecule has 7 heteroatoms. The predicted molar refractivity (Wildman–Crippen MR) is 93.4 cm³/mol. The molecule has 0 amide bonds. The van der Waals surface area contributed by atoms with Crippen molar-refractivity contribution in [2.75, 3.05) is 39.1 Å². The van der Waals surface area contributed by atoms with Gasteiger partial charge in [0.15, 0.2) is 0 Å². The highest BCUT2D eigenvalue weighted by molar-refractivity contribution is 5.92. The standard InChI is InChI=1S/C17H24N6O/c1-23-9-3-4-13(23)15-14-12(6-8-19-15)21-17(24-2)22-16(14)20-11-5-7-18-10-11/h6,8,11,13,18H,3-5,7,9-10H2,1-2H3,(H,20,21,22)/t11-,13-/m0/s1. The van der Waals surface area contributed by atoms with E-state index in [-0.39, 0.29) is 0 Å². The van der Waals surface area contributed by atoms with E-state index in [4.69, 9.17) is 9.72 Å². The molecule has 2 aromatic heterocycles. The molecule has 0 unspecified atom stereocenters. The topological polar surface area (TPSA) is 75.2 Å². The Balaban J connectivity index is 1.83. The van der Waals surface area contributed by atoms with Crippen LogP contribution in [0.3, 0.4) is 0 Å². The summed E-state index contributed by atoms with van der Waals surface area (Å²) in [6.45, 7) is 3.09. The van der Waals surface area contributed by atoms with Crippen molar-refractivity contribution >= 4 is 16.7 Å². The van der Waals surface area contributed by atoms with E-state index in [2.05, 4.69) is 32.5 Å². The van der Waals surface area contributed by atoms with Gasteiger partial charge >= 0.3 is 6.01 Å². The van der Waals surface area contributed by atoms with Gasteiger partial charge in [-0.1, -0.05) is 0 Å². The van der Waals surface area contributed by atoms with Gasteiger partial charge in [0.2, 0.25) is 0 Å². The first-order chi connectivity index (χ1) is 11.8. The second kappa shape index (κ2) is 6.49. The summed E-state index contributed by atoms with van der Waals surface area (Å²) in [7, 11) is 3.77. The van der Waals surface area contributed by atoms with Crippen molar-refractivity contribution in [1.82, 2.24) is 25.2 Å². The zero-order valence-corrected chi connectivity index (χ0v) is 14.2. The SMILES string of the molecule is COc1nc(N[C@H]2CCNC2)c2c([C@@H]3CCCN3C)nccc2n1. The molecule has 0 spiro atoms. The van der Waals surface area contributed by atoms with Crippen molar-refractivity contribution in [3.63, 3.8) is 0 Å². The Labute approximate surface area is 141 Å². The lowest BCUT2D eigenvalue weighted by atomic mass is 10.1. The molecule has 0 aromatic carbocycles. The van der Waals surface area contributed by atoms with Gasteiger partial charge in [-0.15, -0.1) is 0 Å². The summed E-state index contributed by atoms with van der Waals surface area (Å²) in [5, 5.41) is 8.00. The highest BCUT2D eigenvalue weighted by atomic mass is 16.5. The summed E-state index contributed by atoms with van der Waals surface area (Å²) in [6.07, 6.45) is 5.26. The fourth-order valence-corrected chi connectivity index (χ4v) is 3.76. The van der Waals surface area contributed by atoms with Crippen molar-refractivity contribution in [3.8, 4) is 6.01 Å². The maximum absolute atomic E-state index is 5.31. The van der Waals surface area contributed by atoms with Gasteiger partial charge in [-0.2, -0.15) is 9.97 Å². The minimum Gasteiger partial charge on any atom is -0.467 e. The number of nitrogens with zero attached hydrogens (tertiary/aromatic N) is 4. The molecule has 4 heterocycles. The lowest BCUT2D eigenvalue weighted by Gasteiger charge is -2.22. The summed E-state index contributed by atoms with van der Waals surface area (Å²) >= 11 is 0. The molecule has 128 valence electrons. The van der Waals surface area contributed by atoms with E-state index in [1.807, 2.05) is 12.3 Å². The number of ether oxygens (including phenoxy) is 1. The molecule has 0 aliphatic carbocycles. The molecule has 2 aliphatic heterocycles. The van der Waals surface area contributed by atoms with Gasteiger partial charge in [0.05, 0.1) is 29.7 Å². The fourth-order valence-electron chi connectivity index (χ4n) is 3.76. The monoisotopic (exact) mass is 328 g/mol. The van der Waals surface area contributed by atoms with Crippen LogP contribution in [0.25, 0.3) is 10.9 Å². The molecule has 7 nitrogen and oxygen atoms in total.